The monoisotopic (exact) mass is 364 g/mol. The van der Waals surface area contributed by atoms with Crippen LogP contribution in [0.25, 0.3) is 4.96 Å². The zero-order valence-electron chi connectivity index (χ0n) is 13.6. The van der Waals surface area contributed by atoms with Crippen molar-refractivity contribution >= 4 is 33.7 Å². The smallest absolute Gasteiger partial charge is 0.318 e. The Morgan fingerprint density at radius 2 is 2.38 bits per heavy atom. The minimum absolute atomic E-state index is 0.109. The van der Waals surface area contributed by atoms with Gasteiger partial charge in [-0.15, -0.1) is 11.3 Å². The first-order valence-electron chi connectivity index (χ1n) is 7.65. The van der Waals surface area contributed by atoms with Crippen LogP contribution in [0.3, 0.4) is 0 Å². The van der Waals surface area contributed by atoms with Crippen LogP contribution in [0.15, 0.2) is 34.6 Å². The number of carbonyl (C=O) groups is 1. The molecule has 1 atom stereocenters. The van der Waals surface area contributed by atoms with Crippen LogP contribution in [0.2, 0.25) is 0 Å². The Kier molecular flexibility index (Phi) is 5.49. The number of nitrogens with one attached hydrogen (secondary N) is 1. The van der Waals surface area contributed by atoms with Gasteiger partial charge in [-0.3, -0.25) is 4.40 Å². The third kappa shape index (κ3) is 3.95. The van der Waals surface area contributed by atoms with E-state index in [0.29, 0.717) is 19.7 Å². The van der Waals surface area contributed by atoms with Gasteiger partial charge in [-0.25, -0.2) is 9.78 Å². The van der Waals surface area contributed by atoms with E-state index in [1.54, 1.807) is 34.7 Å². The average molecular weight is 364 g/mol. The van der Waals surface area contributed by atoms with Gasteiger partial charge in [-0.05, 0) is 29.3 Å². The van der Waals surface area contributed by atoms with Crippen molar-refractivity contribution in [1.82, 2.24) is 19.6 Å². The number of carbonyl (C=O) groups excluding carboxylic acids is 1. The lowest BCUT2D eigenvalue weighted by Crippen LogP contribution is -2.42. The first-order chi connectivity index (χ1) is 11.7. The Morgan fingerprint density at radius 1 is 1.50 bits per heavy atom. The Bertz CT molecular complexity index is 753. The summed E-state index contributed by atoms with van der Waals surface area (Å²) in [6, 6.07) is 1.77. The molecule has 0 unspecified atom stereocenters. The second-order valence-electron chi connectivity index (χ2n) is 5.48. The molecule has 0 aliphatic carbocycles. The van der Waals surface area contributed by atoms with E-state index in [-0.39, 0.29) is 12.1 Å². The molecular weight excluding hydrogens is 344 g/mol. The van der Waals surface area contributed by atoms with Crippen molar-refractivity contribution in [3.8, 4) is 0 Å². The third-order valence-electron chi connectivity index (χ3n) is 3.70. The average Bonchev–Trinajstić information content (AvgIpc) is 3.27. The topological polar surface area (TPSA) is 58.9 Å². The Balaban J connectivity index is 1.65. The molecular formula is C16H20N4O2S2. The highest BCUT2D eigenvalue weighted by Gasteiger charge is 2.19. The van der Waals surface area contributed by atoms with Gasteiger partial charge in [0.05, 0.1) is 18.3 Å². The molecule has 24 heavy (non-hydrogen) atoms. The summed E-state index contributed by atoms with van der Waals surface area (Å²) in [5.74, 6) is 0. The highest BCUT2D eigenvalue weighted by atomic mass is 32.1. The Hall–Kier alpha value is -1.90. The fourth-order valence-corrected chi connectivity index (χ4v) is 3.73. The number of hydrogen-bond donors (Lipinski definition) is 1. The number of thiophene rings is 1. The molecule has 1 N–H and O–H groups in total. The van der Waals surface area contributed by atoms with Crippen molar-refractivity contribution in [2.45, 2.75) is 19.5 Å². The highest BCUT2D eigenvalue weighted by Crippen LogP contribution is 2.17. The first-order valence-corrected chi connectivity index (χ1v) is 9.47. The van der Waals surface area contributed by atoms with Gasteiger partial charge in [0.25, 0.3) is 0 Å². The SMILES string of the molecule is COCCN(Cc1ccsc1)C(=O)N[C@H](C)c1cn2ccsc2n1. The number of amides is 2. The van der Waals surface area contributed by atoms with Crippen molar-refractivity contribution in [2.75, 3.05) is 20.3 Å². The van der Waals surface area contributed by atoms with Gasteiger partial charge in [-0.1, -0.05) is 0 Å². The van der Waals surface area contributed by atoms with E-state index in [1.807, 2.05) is 40.5 Å². The fourth-order valence-electron chi connectivity index (χ4n) is 2.36. The van der Waals surface area contributed by atoms with E-state index in [9.17, 15) is 4.79 Å². The molecule has 0 fully saturated rings. The molecule has 0 aromatic carbocycles. The molecule has 3 rings (SSSR count). The van der Waals surface area contributed by atoms with Crippen LogP contribution in [-0.2, 0) is 11.3 Å². The van der Waals surface area contributed by atoms with E-state index in [1.165, 1.54) is 0 Å². The van der Waals surface area contributed by atoms with Gasteiger partial charge >= 0.3 is 6.03 Å². The van der Waals surface area contributed by atoms with Gasteiger partial charge in [0.15, 0.2) is 4.96 Å². The summed E-state index contributed by atoms with van der Waals surface area (Å²) in [4.78, 5) is 19.9. The van der Waals surface area contributed by atoms with Gasteiger partial charge in [-0.2, -0.15) is 11.3 Å². The van der Waals surface area contributed by atoms with Crippen molar-refractivity contribution in [3.63, 3.8) is 0 Å². The lowest BCUT2D eigenvalue weighted by atomic mass is 10.2. The number of fused-ring (bicyclic) bond motifs is 1. The first kappa shape index (κ1) is 16.9. The minimum atomic E-state index is -0.155. The second kappa shape index (κ2) is 7.78. The van der Waals surface area contributed by atoms with Crippen LogP contribution < -0.4 is 5.32 Å². The summed E-state index contributed by atoms with van der Waals surface area (Å²) in [5, 5.41) is 9.09. The predicted molar refractivity (Wildman–Crippen MR) is 96.6 cm³/mol. The fraction of sp³-hybridized carbons (Fsp3) is 0.375. The highest BCUT2D eigenvalue weighted by molar-refractivity contribution is 7.15. The van der Waals surface area contributed by atoms with E-state index in [0.717, 1.165) is 16.2 Å². The van der Waals surface area contributed by atoms with Crippen LogP contribution >= 0.6 is 22.7 Å². The molecule has 0 aliphatic rings. The van der Waals surface area contributed by atoms with Gasteiger partial charge in [0.2, 0.25) is 0 Å². The second-order valence-corrected chi connectivity index (χ2v) is 7.13. The molecule has 0 radical (unpaired) electrons. The molecule has 2 amide bonds. The van der Waals surface area contributed by atoms with Crippen molar-refractivity contribution in [1.29, 1.82) is 0 Å². The number of rotatable bonds is 7. The molecule has 3 aromatic rings. The molecule has 128 valence electrons. The number of thiazole rings is 1. The van der Waals surface area contributed by atoms with Gasteiger partial charge in [0.1, 0.15) is 0 Å². The Morgan fingerprint density at radius 3 is 3.08 bits per heavy atom. The number of imidazole rings is 1. The zero-order valence-corrected chi connectivity index (χ0v) is 15.3. The number of ether oxygens (including phenoxy) is 1. The van der Waals surface area contributed by atoms with Crippen LogP contribution in [-0.4, -0.2) is 40.6 Å². The largest absolute Gasteiger partial charge is 0.383 e. The summed E-state index contributed by atoms with van der Waals surface area (Å²) < 4.78 is 7.10. The number of hydrogen-bond acceptors (Lipinski definition) is 5. The van der Waals surface area contributed by atoms with E-state index in [2.05, 4.69) is 15.7 Å². The summed E-state index contributed by atoms with van der Waals surface area (Å²) in [6.07, 6.45) is 3.92. The molecule has 8 heteroatoms. The predicted octanol–water partition coefficient (Wildman–Crippen LogP) is 3.38. The summed E-state index contributed by atoms with van der Waals surface area (Å²) in [5.41, 5.74) is 1.99. The summed E-state index contributed by atoms with van der Waals surface area (Å²) in [7, 11) is 1.64. The standard InChI is InChI=1S/C16H20N4O2S2/c1-12(14-10-20-5-8-24-16(20)18-14)17-15(21)19(4-6-22-2)9-13-3-7-23-11-13/h3,5,7-8,10-12H,4,6,9H2,1-2H3,(H,17,21)/t12-/m1/s1. The van der Waals surface area contributed by atoms with Crippen molar-refractivity contribution in [2.24, 2.45) is 0 Å². The van der Waals surface area contributed by atoms with Gasteiger partial charge < -0.3 is 15.0 Å². The lowest BCUT2D eigenvalue weighted by Gasteiger charge is -2.24. The van der Waals surface area contributed by atoms with E-state index in [4.69, 9.17) is 4.74 Å². The van der Waals surface area contributed by atoms with E-state index >= 15 is 0 Å². The number of urea groups is 1. The maximum atomic E-state index is 12.6. The molecule has 3 heterocycles. The zero-order chi connectivity index (χ0) is 16.9. The van der Waals surface area contributed by atoms with Crippen molar-refractivity contribution < 1.29 is 9.53 Å². The summed E-state index contributed by atoms with van der Waals surface area (Å²) >= 11 is 3.21. The third-order valence-corrected chi connectivity index (χ3v) is 5.20. The molecule has 3 aromatic heterocycles. The maximum Gasteiger partial charge on any atom is 0.318 e. The number of nitrogens with zero attached hydrogens (tertiary/aromatic N) is 3. The number of aromatic nitrogens is 2. The van der Waals surface area contributed by atoms with Crippen LogP contribution in [0.5, 0.6) is 0 Å². The molecule has 6 nitrogen and oxygen atoms in total. The quantitative estimate of drug-likeness (QED) is 0.699. The van der Waals surface area contributed by atoms with Crippen LogP contribution in [0, 0.1) is 0 Å². The molecule has 0 spiro atoms. The normalized spacial score (nSPS) is 12.4. The number of methoxy groups -OCH3 is 1. The molecule has 0 bridgehead atoms. The maximum absolute atomic E-state index is 12.6. The molecule has 0 saturated carbocycles. The van der Waals surface area contributed by atoms with E-state index < -0.39 is 0 Å². The summed E-state index contributed by atoms with van der Waals surface area (Å²) in [6.45, 7) is 3.57. The van der Waals surface area contributed by atoms with Gasteiger partial charge in [0, 0.05) is 38.0 Å². The van der Waals surface area contributed by atoms with Crippen LogP contribution in [0.1, 0.15) is 24.2 Å². The molecule has 0 aliphatic heterocycles. The molecule has 0 saturated heterocycles. The Labute approximate surface area is 148 Å². The minimum Gasteiger partial charge on any atom is -0.383 e. The van der Waals surface area contributed by atoms with Crippen LogP contribution in [0.4, 0.5) is 4.79 Å². The van der Waals surface area contributed by atoms with Crippen molar-refractivity contribution in [3.05, 3.63) is 45.9 Å². The lowest BCUT2D eigenvalue weighted by molar-refractivity contribution is 0.145.